The fraction of sp³-hybridized carbons (Fsp3) is 0.500. The minimum absolute atomic E-state index is 0.235. The first kappa shape index (κ1) is 12.6. The van der Waals surface area contributed by atoms with E-state index in [9.17, 15) is 0 Å². The van der Waals surface area contributed by atoms with Crippen molar-refractivity contribution < 1.29 is 5.11 Å². The van der Waals surface area contributed by atoms with Gasteiger partial charge in [-0.05, 0) is 25.1 Å². The molecule has 0 atom stereocenters. The predicted molar refractivity (Wildman–Crippen MR) is 66.4 cm³/mol. The van der Waals surface area contributed by atoms with Gasteiger partial charge in [0.25, 0.3) is 0 Å². The maximum absolute atomic E-state index is 8.81. The molecule has 0 amide bonds. The van der Waals surface area contributed by atoms with Gasteiger partial charge >= 0.3 is 0 Å². The Morgan fingerprint density at radius 3 is 2.87 bits per heavy atom. The molecule has 2 nitrogen and oxygen atoms in total. The Hall–Kier alpha value is -0.510. The molecule has 0 heterocycles. The van der Waals surface area contributed by atoms with Crippen LogP contribution in [0.25, 0.3) is 0 Å². The molecule has 1 aromatic carbocycles. The summed E-state index contributed by atoms with van der Waals surface area (Å²) in [4.78, 5) is 1.27. The van der Waals surface area contributed by atoms with E-state index < -0.39 is 0 Å². The zero-order valence-corrected chi connectivity index (χ0v) is 10.2. The van der Waals surface area contributed by atoms with Crippen molar-refractivity contribution in [2.75, 3.05) is 18.9 Å². The van der Waals surface area contributed by atoms with Crippen molar-refractivity contribution in [1.82, 2.24) is 5.32 Å². The number of rotatable bonds is 6. The van der Waals surface area contributed by atoms with Gasteiger partial charge in [0.1, 0.15) is 0 Å². The van der Waals surface area contributed by atoms with Crippen molar-refractivity contribution in [3.05, 3.63) is 29.3 Å². The molecule has 0 unspecified atom stereocenters. The number of aryl methyl sites for hydroxylation is 1. The Kier molecular flexibility index (Phi) is 5.76. The van der Waals surface area contributed by atoms with Crippen molar-refractivity contribution in [3.63, 3.8) is 0 Å². The molecule has 0 aliphatic carbocycles. The Balaban J connectivity index is 2.73. The molecular weight excluding hydrogens is 206 g/mol. The van der Waals surface area contributed by atoms with Crippen LogP contribution < -0.4 is 5.32 Å². The fourth-order valence-corrected chi connectivity index (χ4v) is 2.19. The van der Waals surface area contributed by atoms with E-state index in [0.717, 1.165) is 18.8 Å². The summed E-state index contributed by atoms with van der Waals surface area (Å²) in [5, 5.41) is 12.1. The summed E-state index contributed by atoms with van der Waals surface area (Å²) in [5.74, 6) is 0.766. The minimum atomic E-state index is 0.235. The van der Waals surface area contributed by atoms with Crippen LogP contribution >= 0.6 is 11.8 Å². The van der Waals surface area contributed by atoms with Crippen LogP contribution in [0.1, 0.15) is 18.1 Å². The summed E-state index contributed by atoms with van der Waals surface area (Å²) < 4.78 is 0. The van der Waals surface area contributed by atoms with E-state index in [4.69, 9.17) is 5.11 Å². The number of aliphatic hydroxyl groups excluding tert-OH is 1. The summed E-state index contributed by atoms with van der Waals surface area (Å²) >= 11 is 1.72. The van der Waals surface area contributed by atoms with E-state index in [0.29, 0.717) is 0 Å². The highest BCUT2D eigenvalue weighted by Crippen LogP contribution is 2.23. The molecule has 0 spiro atoms. The number of hydrogen-bond acceptors (Lipinski definition) is 3. The summed E-state index contributed by atoms with van der Waals surface area (Å²) in [5.41, 5.74) is 2.62. The van der Waals surface area contributed by atoms with Crippen LogP contribution in [-0.4, -0.2) is 24.0 Å². The lowest BCUT2D eigenvalue weighted by Gasteiger charge is -2.10. The molecule has 0 fully saturated rings. The maximum Gasteiger partial charge on any atom is 0.0525 e. The lowest BCUT2D eigenvalue weighted by molar-refractivity contribution is 0.322. The highest BCUT2D eigenvalue weighted by molar-refractivity contribution is 7.99. The summed E-state index contributed by atoms with van der Waals surface area (Å²) in [6.07, 6.45) is 0. The van der Waals surface area contributed by atoms with Gasteiger partial charge in [-0.15, -0.1) is 11.8 Å². The summed E-state index contributed by atoms with van der Waals surface area (Å²) in [7, 11) is 0. The van der Waals surface area contributed by atoms with Crippen LogP contribution in [0.4, 0.5) is 0 Å². The number of aliphatic hydroxyl groups is 1. The maximum atomic E-state index is 8.81. The second kappa shape index (κ2) is 6.88. The molecule has 15 heavy (non-hydrogen) atoms. The van der Waals surface area contributed by atoms with Crippen LogP contribution in [0, 0.1) is 6.92 Å². The van der Waals surface area contributed by atoms with Crippen LogP contribution in [-0.2, 0) is 6.54 Å². The van der Waals surface area contributed by atoms with Gasteiger partial charge in [0.15, 0.2) is 0 Å². The summed E-state index contributed by atoms with van der Waals surface area (Å²) in [6.45, 7) is 6.34. The van der Waals surface area contributed by atoms with Gasteiger partial charge in [-0.2, -0.15) is 0 Å². The van der Waals surface area contributed by atoms with E-state index in [1.54, 1.807) is 11.8 Å². The first-order chi connectivity index (χ1) is 7.27. The van der Waals surface area contributed by atoms with Crippen molar-refractivity contribution in [1.29, 1.82) is 0 Å². The number of benzene rings is 1. The molecular formula is C12H19NOS. The number of thioether (sulfide) groups is 1. The molecule has 2 N–H and O–H groups in total. The quantitative estimate of drug-likeness (QED) is 0.728. The van der Waals surface area contributed by atoms with Crippen LogP contribution in [0.3, 0.4) is 0 Å². The second-order valence-corrected chi connectivity index (χ2v) is 4.60. The second-order valence-electron chi connectivity index (χ2n) is 3.46. The molecule has 0 aliphatic rings. The molecule has 0 saturated heterocycles. The predicted octanol–water partition coefficient (Wildman–Crippen LogP) is 2.19. The van der Waals surface area contributed by atoms with Crippen molar-refractivity contribution in [3.8, 4) is 0 Å². The van der Waals surface area contributed by atoms with E-state index in [-0.39, 0.29) is 6.61 Å². The zero-order valence-electron chi connectivity index (χ0n) is 9.42. The Labute approximate surface area is 96.1 Å². The normalized spacial score (nSPS) is 10.6. The average Bonchev–Trinajstić information content (AvgIpc) is 2.25. The Morgan fingerprint density at radius 2 is 2.20 bits per heavy atom. The lowest BCUT2D eigenvalue weighted by atomic mass is 10.1. The number of nitrogens with one attached hydrogen (secondary N) is 1. The zero-order chi connectivity index (χ0) is 11.1. The van der Waals surface area contributed by atoms with Gasteiger partial charge in [-0.25, -0.2) is 0 Å². The third kappa shape index (κ3) is 4.24. The molecule has 3 heteroatoms. The highest BCUT2D eigenvalue weighted by Gasteiger charge is 2.02. The molecule has 0 bridgehead atoms. The van der Waals surface area contributed by atoms with Gasteiger partial charge in [0.2, 0.25) is 0 Å². The molecule has 1 rings (SSSR count). The first-order valence-electron chi connectivity index (χ1n) is 5.31. The standard InChI is InChI=1S/C12H19NOS/c1-3-13-9-11-8-10(2)4-5-12(11)15-7-6-14/h4-5,8,13-14H,3,6-7,9H2,1-2H3. The van der Waals surface area contributed by atoms with Gasteiger partial charge < -0.3 is 10.4 Å². The van der Waals surface area contributed by atoms with E-state index >= 15 is 0 Å². The number of hydrogen-bond donors (Lipinski definition) is 2. The monoisotopic (exact) mass is 225 g/mol. The van der Waals surface area contributed by atoms with Crippen LogP contribution in [0.15, 0.2) is 23.1 Å². The molecule has 0 aliphatic heterocycles. The van der Waals surface area contributed by atoms with E-state index in [1.807, 2.05) is 0 Å². The van der Waals surface area contributed by atoms with E-state index in [2.05, 4.69) is 37.4 Å². The van der Waals surface area contributed by atoms with Gasteiger partial charge in [-0.1, -0.05) is 24.6 Å². The van der Waals surface area contributed by atoms with Gasteiger partial charge in [0.05, 0.1) is 6.61 Å². The SMILES string of the molecule is CCNCc1cc(C)ccc1SCCO. The highest BCUT2D eigenvalue weighted by atomic mass is 32.2. The molecule has 84 valence electrons. The summed E-state index contributed by atoms with van der Waals surface area (Å²) in [6, 6.07) is 6.47. The van der Waals surface area contributed by atoms with Crippen molar-refractivity contribution >= 4 is 11.8 Å². The van der Waals surface area contributed by atoms with Crippen molar-refractivity contribution in [2.45, 2.75) is 25.3 Å². The van der Waals surface area contributed by atoms with Gasteiger partial charge in [0, 0.05) is 17.2 Å². The largest absolute Gasteiger partial charge is 0.396 e. The molecule has 1 aromatic rings. The third-order valence-corrected chi connectivity index (χ3v) is 3.23. The van der Waals surface area contributed by atoms with Gasteiger partial charge in [-0.3, -0.25) is 0 Å². The Morgan fingerprint density at radius 1 is 1.40 bits per heavy atom. The average molecular weight is 225 g/mol. The molecule has 0 radical (unpaired) electrons. The van der Waals surface area contributed by atoms with Crippen LogP contribution in [0.5, 0.6) is 0 Å². The van der Waals surface area contributed by atoms with Crippen molar-refractivity contribution in [2.24, 2.45) is 0 Å². The minimum Gasteiger partial charge on any atom is -0.396 e. The Bertz CT molecular complexity index is 302. The van der Waals surface area contributed by atoms with Crippen LogP contribution in [0.2, 0.25) is 0 Å². The first-order valence-corrected chi connectivity index (χ1v) is 6.30. The fourth-order valence-electron chi connectivity index (χ4n) is 1.40. The molecule has 0 aromatic heterocycles. The lowest BCUT2D eigenvalue weighted by Crippen LogP contribution is -2.12. The van der Waals surface area contributed by atoms with E-state index in [1.165, 1.54) is 16.0 Å². The molecule has 0 saturated carbocycles. The topological polar surface area (TPSA) is 32.3 Å². The third-order valence-electron chi connectivity index (χ3n) is 2.13. The smallest absolute Gasteiger partial charge is 0.0525 e.